The van der Waals surface area contributed by atoms with Gasteiger partial charge in [0.2, 0.25) is 0 Å². The number of benzene rings is 2. The first kappa shape index (κ1) is 12.2. The third-order valence-electron chi connectivity index (χ3n) is 2.45. The van der Waals surface area contributed by atoms with Crippen LogP contribution < -0.4 is 4.46 Å². The van der Waals surface area contributed by atoms with Gasteiger partial charge in [-0.2, -0.15) is 0 Å². The average molecular weight is 287 g/mol. The first-order valence-corrected chi connectivity index (χ1v) is 7.89. The van der Waals surface area contributed by atoms with Crippen LogP contribution in [0.5, 0.6) is 0 Å². The Morgan fingerprint density at radius 2 is 1.41 bits per heavy atom. The van der Waals surface area contributed by atoms with Crippen LogP contribution in [-0.2, 0) is 6.42 Å². The molecule has 0 aliphatic rings. The third kappa shape index (κ3) is 4.60. The Morgan fingerprint density at radius 1 is 0.765 bits per heavy atom. The van der Waals surface area contributed by atoms with E-state index in [9.17, 15) is 0 Å². The Kier molecular flexibility index (Phi) is 5.09. The van der Waals surface area contributed by atoms with Crippen LogP contribution in [-0.4, -0.2) is 15.0 Å². The van der Waals surface area contributed by atoms with E-state index in [2.05, 4.69) is 72.8 Å². The summed E-state index contributed by atoms with van der Waals surface area (Å²) in [4.78, 5) is 0. The zero-order valence-electron chi connectivity index (χ0n) is 9.75. The Labute approximate surface area is 110 Å². The normalized spacial score (nSPS) is 10.8. The molecule has 0 heterocycles. The van der Waals surface area contributed by atoms with Crippen LogP contribution in [0.4, 0.5) is 0 Å². The standard InChI is InChI=1S/C16H16Se/c1-3-9-15(10-4-1)11-7-8-14-17-16-12-5-2-6-13-16/h1-10,12-13H,11,14H2. The summed E-state index contributed by atoms with van der Waals surface area (Å²) in [6.07, 6.45) is 5.63. The SMILES string of the molecule is C(=CCc1ccccc1)C[Se]c1ccccc1. The average Bonchev–Trinajstić information content (AvgIpc) is 2.41. The van der Waals surface area contributed by atoms with E-state index in [1.807, 2.05) is 0 Å². The minimum absolute atomic E-state index is 0.578. The van der Waals surface area contributed by atoms with Gasteiger partial charge in [0.15, 0.2) is 0 Å². The molecule has 2 rings (SSSR count). The van der Waals surface area contributed by atoms with E-state index in [0.29, 0.717) is 15.0 Å². The van der Waals surface area contributed by atoms with Crippen molar-refractivity contribution in [2.45, 2.75) is 11.7 Å². The van der Waals surface area contributed by atoms with E-state index in [4.69, 9.17) is 0 Å². The van der Waals surface area contributed by atoms with E-state index < -0.39 is 0 Å². The molecule has 0 radical (unpaired) electrons. The summed E-state index contributed by atoms with van der Waals surface area (Å²) in [5.74, 6) is 0. The predicted molar refractivity (Wildman–Crippen MR) is 75.9 cm³/mol. The Balaban J connectivity index is 1.72. The van der Waals surface area contributed by atoms with Crippen molar-refractivity contribution >= 4 is 19.4 Å². The van der Waals surface area contributed by atoms with E-state index in [1.54, 1.807) is 0 Å². The van der Waals surface area contributed by atoms with Gasteiger partial charge in [0.05, 0.1) is 0 Å². The summed E-state index contributed by atoms with van der Waals surface area (Å²) in [6.45, 7) is 0. The molecule has 0 aliphatic carbocycles. The van der Waals surface area contributed by atoms with Crippen molar-refractivity contribution in [2.24, 2.45) is 0 Å². The molecule has 2 aromatic carbocycles. The topological polar surface area (TPSA) is 0 Å². The first-order valence-electron chi connectivity index (χ1n) is 5.82. The summed E-state index contributed by atoms with van der Waals surface area (Å²) < 4.78 is 1.48. The van der Waals surface area contributed by atoms with Crippen LogP contribution in [0.1, 0.15) is 5.56 Å². The zero-order chi connectivity index (χ0) is 11.8. The molecule has 0 fully saturated rings. The molecule has 0 atom stereocenters. The second-order valence-corrected chi connectivity index (χ2v) is 6.08. The van der Waals surface area contributed by atoms with Gasteiger partial charge in [-0.15, -0.1) is 0 Å². The first-order chi connectivity index (χ1) is 8.45. The van der Waals surface area contributed by atoms with Crippen LogP contribution in [0.2, 0.25) is 5.32 Å². The molecule has 1 heteroatoms. The van der Waals surface area contributed by atoms with Gasteiger partial charge < -0.3 is 0 Å². The predicted octanol–water partition coefficient (Wildman–Crippen LogP) is 3.23. The summed E-state index contributed by atoms with van der Waals surface area (Å²) >= 11 is 0.578. The van der Waals surface area contributed by atoms with E-state index in [1.165, 1.54) is 15.3 Å². The van der Waals surface area contributed by atoms with Gasteiger partial charge in [0, 0.05) is 0 Å². The van der Waals surface area contributed by atoms with Crippen LogP contribution in [0, 0.1) is 0 Å². The van der Waals surface area contributed by atoms with Gasteiger partial charge in [-0.1, -0.05) is 0 Å². The zero-order valence-corrected chi connectivity index (χ0v) is 11.5. The molecular formula is C16H16Se. The molecular weight excluding hydrogens is 271 g/mol. The molecule has 0 bridgehead atoms. The van der Waals surface area contributed by atoms with Crippen molar-refractivity contribution in [2.75, 3.05) is 0 Å². The summed E-state index contributed by atoms with van der Waals surface area (Å²) in [6, 6.07) is 21.3. The fourth-order valence-electron chi connectivity index (χ4n) is 1.56. The molecule has 0 aliphatic heterocycles. The van der Waals surface area contributed by atoms with Gasteiger partial charge in [-0.25, -0.2) is 0 Å². The van der Waals surface area contributed by atoms with Gasteiger partial charge in [-0.3, -0.25) is 0 Å². The quantitative estimate of drug-likeness (QED) is 0.585. The van der Waals surface area contributed by atoms with E-state index >= 15 is 0 Å². The second-order valence-electron chi connectivity index (χ2n) is 3.79. The Morgan fingerprint density at radius 3 is 2.12 bits per heavy atom. The number of hydrogen-bond donors (Lipinski definition) is 0. The van der Waals surface area contributed by atoms with E-state index in [-0.39, 0.29) is 0 Å². The maximum absolute atomic E-state index is 2.31. The molecule has 0 saturated carbocycles. The van der Waals surface area contributed by atoms with Crippen molar-refractivity contribution in [3.05, 3.63) is 78.4 Å². The monoisotopic (exact) mass is 288 g/mol. The van der Waals surface area contributed by atoms with Crippen molar-refractivity contribution < 1.29 is 0 Å². The minimum atomic E-state index is 0.578. The fraction of sp³-hybridized carbons (Fsp3) is 0.125. The van der Waals surface area contributed by atoms with Crippen LogP contribution in [0.3, 0.4) is 0 Å². The molecule has 0 unspecified atom stereocenters. The molecule has 0 nitrogen and oxygen atoms in total. The van der Waals surface area contributed by atoms with Gasteiger partial charge in [0.1, 0.15) is 0 Å². The van der Waals surface area contributed by atoms with Gasteiger partial charge >= 0.3 is 110 Å². The third-order valence-corrected chi connectivity index (χ3v) is 4.48. The van der Waals surface area contributed by atoms with Crippen molar-refractivity contribution in [1.29, 1.82) is 0 Å². The van der Waals surface area contributed by atoms with Crippen molar-refractivity contribution in [3.8, 4) is 0 Å². The molecule has 0 N–H and O–H groups in total. The molecule has 2 aromatic rings. The van der Waals surface area contributed by atoms with Crippen molar-refractivity contribution in [1.82, 2.24) is 0 Å². The van der Waals surface area contributed by atoms with Gasteiger partial charge in [-0.05, 0) is 0 Å². The molecule has 86 valence electrons. The molecule has 17 heavy (non-hydrogen) atoms. The molecule has 0 amide bonds. The second kappa shape index (κ2) is 7.11. The number of allylic oxidation sites excluding steroid dienone is 2. The van der Waals surface area contributed by atoms with Crippen molar-refractivity contribution in [3.63, 3.8) is 0 Å². The molecule has 0 saturated heterocycles. The fourth-order valence-corrected chi connectivity index (χ4v) is 3.19. The number of rotatable bonds is 5. The Bertz CT molecular complexity index is 445. The van der Waals surface area contributed by atoms with Crippen LogP contribution in [0.15, 0.2) is 72.8 Å². The summed E-state index contributed by atoms with van der Waals surface area (Å²) in [7, 11) is 0. The summed E-state index contributed by atoms with van der Waals surface area (Å²) in [5, 5.41) is 1.18. The maximum atomic E-state index is 2.31. The number of hydrogen-bond acceptors (Lipinski definition) is 0. The van der Waals surface area contributed by atoms with Crippen LogP contribution in [0.25, 0.3) is 0 Å². The van der Waals surface area contributed by atoms with Gasteiger partial charge in [0.25, 0.3) is 0 Å². The van der Waals surface area contributed by atoms with E-state index in [0.717, 1.165) is 6.42 Å². The molecule has 0 spiro atoms. The summed E-state index contributed by atoms with van der Waals surface area (Å²) in [5.41, 5.74) is 1.39. The molecule has 0 aromatic heterocycles. The Hall–Kier alpha value is -1.30. The van der Waals surface area contributed by atoms with Crippen LogP contribution >= 0.6 is 0 Å².